The average Bonchev–Trinajstić information content (AvgIpc) is 2.79. The minimum atomic E-state index is -0.0931. The predicted octanol–water partition coefficient (Wildman–Crippen LogP) is -0.163. The first-order valence-corrected chi connectivity index (χ1v) is 17.0. The Balaban J connectivity index is 0. The molecule has 1 aromatic rings. The molecule has 0 fully saturated rings. The number of nitrogens with zero attached hydrogens (tertiary/aromatic N) is 6. The van der Waals surface area contributed by atoms with E-state index >= 15 is 0 Å². The molecule has 170 valence electrons. The van der Waals surface area contributed by atoms with Crippen LogP contribution >= 0.6 is 0 Å². The van der Waals surface area contributed by atoms with Crippen molar-refractivity contribution in [3.63, 3.8) is 0 Å². The van der Waals surface area contributed by atoms with Gasteiger partial charge in [-0.05, 0) is 0 Å². The van der Waals surface area contributed by atoms with Crippen LogP contribution in [0.2, 0.25) is 0 Å². The van der Waals surface area contributed by atoms with Crippen molar-refractivity contribution in [2.75, 3.05) is 28.2 Å². The van der Waals surface area contributed by atoms with Crippen LogP contribution in [0.25, 0.3) is 0 Å². The molecule has 0 unspecified atom stereocenters. The fourth-order valence-electron chi connectivity index (χ4n) is 1.77. The van der Waals surface area contributed by atoms with Crippen LogP contribution in [-0.2, 0) is 30.9 Å². The number of benzene rings is 1. The third-order valence-electron chi connectivity index (χ3n) is 3.11. The molecule has 1 rings (SSSR count). The quantitative estimate of drug-likeness (QED) is 0.247. The van der Waals surface area contributed by atoms with Crippen molar-refractivity contribution in [3.8, 4) is 19.9 Å². The molecule has 0 saturated heterocycles. The molecule has 0 aliphatic carbocycles. The van der Waals surface area contributed by atoms with E-state index in [1.165, 1.54) is 9.80 Å². The molecule has 0 aliphatic rings. The number of amides is 2. The van der Waals surface area contributed by atoms with E-state index in [0.717, 1.165) is 56.4 Å². The zero-order chi connectivity index (χ0) is 24.8. The van der Waals surface area contributed by atoms with Gasteiger partial charge in [0.15, 0.2) is 0 Å². The Morgan fingerprint density at radius 1 is 0.625 bits per heavy atom. The summed E-state index contributed by atoms with van der Waals surface area (Å²) >= 11 is -0.372. The third kappa shape index (κ3) is 17.8. The van der Waals surface area contributed by atoms with E-state index in [0.29, 0.717) is 0 Å². The molecule has 0 radical (unpaired) electrons. The maximum absolute atomic E-state index is 9.43. The van der Waals surface area contributed by atoms with Gasteiger partial charge in [0.2, 0.25) is 12.8 Å². The number of carbonyl (C=O) groups is 2. The Bertz CT molecular complexity index is 741. The fourth-order valence-corrected chi connectivity index (χ4v) is 5.87. The molecule has 0 heterocycles. The van der Waals surface area contributed by atoms with Gasteiger partial charge in [0.25, 0.3) is 0 Å². The maximum atomic E-state index is 9.43. The topological polar surface area (TPSA) is 136 Å². The van der Waals surface area contributed by atoms with E-state index in [2.05, 4.69) is 32.0 Å². The van der Waals surface area contributed by atoms with Crippen LogP contribution in [0, 0.1) is 40.9 Å². The van der Waals surface area contributed by atoms with E-state index in [4.69, 9.17) is 21.0 Å². The first kappa shape index (κ1) is 32.4. The molecule has 0 atom stereocenters. The van der Waals surface area contributed by atoms with Crippen LogP contribution in [-0.4, -0.2) is 111 Å². The molecule has 0 aromatic heterocycles. The predicted molar refractivity (Wildman–Crippen MR) is 126 cm³/mol. The summed E-state index contributed by atoms with van der Waals surface area (Å²) in [6.07, 6.45) is 1.50. The van der Waals surface area contributed by atoms with Gasteiger partial charge in [-0.2, -0.15) is 0 Å². The Labute approximate surface area is 215 Å². The summed E-state index contributed by atoms with van der Waals surface area (Å²) < 4.78 is 0. The van der Waals surface area contributed by atoms with Gasteiger partial charge >= 0.3 is 156 Å². The van der Waals surface area contributed by atoms with Crippen molar-refractivity contribution >= 4 is 72.6 Å². The molecule has 0 aliphatic heterocycles. The molecule has 0 saturated carbocycles. The van der Waals surface area contributed by atoms with Crippen LogP contribution in [0.3, 0.4) is 0 Å². The van der Waals surface area contributed by atoms with Crippen molar-refractivity contribution < 1.29 is 9.59 Å². The number of hydrogen-bond acceptors (Lipinski definition) is 6. The monoisotopic (exact) mass is 700 g/mol. The van der Waals surface area contributed by atoms with E-state index in [9.17, 15) is 9.59 Å². The van der Waals surface area contributed by atoms with Crippen molar-refractivity contribution in [2.24, 2.45) is 0 Å². The number of hydrogen-bond donors (Lipinski definition) is 0. The van der Waals surface area contributed by atoms with Gasteiger partial charge < -0.3 is 9.80 Å². The average molecular weight is 696 g/mol. The van der Waals surface area contributed by atoms with E-state index in [1.807, 2.05) is 0 Å². The van der Waals surface area contributed by atoms with Crippen LogP contribution in [0.4, 0.5) is 0 Å². The Morgan fingerprint density at radius 2 is 0.812 bits per heavy atom. The number of carbonyl (C=O) groups excluding carboxylic acids is 2. The van der Waals surface area contributed by atoms with Gasteiger partial charge in [0, 0.05) is 28.2 Å². The Morgan fingerprint density at radius 3 is 0.938 bits per heavy atom. The number of rotatable bonds is 10. The molecule has 0 spiro atoms. The second-order valence-electron chi connectivity index (χ2n) is 6.05. The second kappa shape index (κ2) is 22.4. The van der Waals surface area contributed by atoms with Crippen molar-refractivity contribution in [1.29, 1.82) is 21.0 Å². The summed E-state index contributed by atoms with van der Waals surface area (Å²) in [6, 6.07) is 4.23. The molecule has 0 N–H and O–H groups in total. The van der Waals surface area contributed by atoms with Gasteiger partial charge in [-0.3, -0.25) is 9.59 Å². The van der Waals surface area contributed by atoms with Crippen LogP contribution in [0.5, 0.6) is 0 Å². The van der Waals surface area contributed by atoms with Gasteiger partial charge in [0.1, 0.15) is 0 Å². The summed E-state index contributed by atoms with van der Waals surface area (Å²) in [5, 5.41) is 38.3. The zero-order valence-corrected chi connectivity index (χ0v) is 25.1. The molecular weight excluding hydrogens is 672 g/mol. The summed E-state index contributed by atoms with van der Waals surface area (Å²) in [7, 11) is 6.75. The normalized spacial score (nSPS) is 8.50. The van der Waals surface area contributed by atoms with Gasteiger partial charge in [-0.15, -0.1) is 0 Å². The van der Waals surface area contributed by atoms with Crippen molar-refractivity contribution in [1.82, 2.24) is 9.80 Å². The summed E-state index contributed by atoms with van der Waals surface area (Å²) in [4.78, 5) is 30.7. The van der Waals surface area contributed by atoms with Gasteiger partial charge in [-0.25, -0.2) is 0 Å². The van der Waals surface area contributed by atoms with Crippen LogP contribution in [0.15, 0.2) is 12.1 Å². The molecule has 0 bridgehead atoms. The summed E-state index contributed by atoms with van der Waals surface area (Å²) in [6.45, 7) is 0. The molecule has 32 heavy (non-hydrogen) atoms. The minimum absolute atomic E-state index is 0.0931. The molecule has 8 nitrogen and oxygen atoms in total. The van der Waals surface area contributed by atoms with Crippen molar-refractivity contribution in [3.05, 3.63) is 34.4 Å². The SMILES string of the molecule is CN(C)C=O.CN(C)C=O.N#C[Se]Cc1cc(C[Se]C#N)c(C[Se]C#N)cc1C[Se]C#N. The first-order chi connectivity index (χ1) is 15.3. The van der Waals surface area contributed by atoms with Gasteiger partial charge in [-0.1, -0.05) is 0 Å². The zero-order valence-electron chi connectivity index (χ0n) is 18.3. The van der Waals surface area contributed by atoms with Crippen LogP contribution < -0.4 is 0 Å². The standard InChI is InChI=1S/C14H10N4Se4.2C3H7NO/c15-7-19-3-11-1-12(4-20-8-16)14(6-22-10-18)2-13(11)5-21-9-17;2*1-4(2)3-5/h1-2H,3-6H2;2*3H,1-2H3. The molecule has 1 aromatic carbocycles. The molecular formula is C20H24N6O2Se4. The van der Waals surface area contributed by atoms with E-state index in [1.54, 1.807) is 28.2 Å². The van der Waals surface area contributed by atoms with Crippen LogP contribution in [0.1, 0.15) is 22.3 Å². The van der Waals surface area contributed by atoms with E-state index < -0.39 is 0 Å². The Kier molecular flexibility index (Phi) is 22.7. The Hall–Kier alpha value is -1.80. The first-order valence-electron chi connectivity index (χ1n) is 8.71. The third-order valence-corrected chi connectivity index (χ3v) is 8.02. The van der Waals surface area contributed by atoms with Crippen molar-refractivity contribution in [2.45, 2.75) is 21.3 Å². The van der Waals surface area contributed by atoms with Gasteiger partial charge in [0.05, 0.1) is 0 Å². The second-order valence-corrected chi connectivity index (χ2v) is 12.4. The van der Waals surface area contributed by atoms with E-state index in [-0.39, 0.29) is 59.8 Å². The number of nitriles is 4. The fraction of sp³-hybridized carbons (Fsp3) is 0.400. The molecule has 2 amide bonds. The molecule has 12 heteroatoms. The summed E-state index contributed by atoms with van der Waals surface area (Å²) in [5.41, 5.74) is 4.59. The summed E-state index contributed by atoms with van der Waals surface area (Å²) in [5.74, 6) is 0.